The molecule has 1 fully saturated rings. The maximum Gasteiger partial charge on any atom is 0.121 e. The van der Waals surface area contributed by atoms with E-state index >= 15 is 0 Å². The molecular formula is C14H27NO. The fourth-order valence-corrected chi connectivity index (χ4v) is 2.96. The zero-order chi connectivity index (χ0) is 11.9. The van der Waals surface area contributed by atoms with Gasteiger partial charge in [0.05, 0.1) is 0 Å². The molecule has 0 radical (unpaired) electrons. The van der Waals surface area contributed by atoms with Crippen LogP contribution in [0.1, 0.15) is 65.2 Å². The molecule has 0 spiro atoms. The van der Waals surface area contributed by atoms with Crippen LogP contribution in [0.15, 0.2) is 0 Å². The highest BCUT2D eigenvalue weighted by atomic mass is 16.1. The van der Waals surface area contributed by atoms with Crippen LogP contribution in [0.4, 0.5) is 0 Å². The standard InChI is InChI=1S/C14H27NO/c1-3-5-9-14(4-2,10-13-16)15-11-7-6-8-12-15/h13H,3-12H2,1-2H3. The molecule has 94 valence electrons. The van der Waals surface area contributed by atoms with Crippen LogP contribution in [0.2, 0.25) is 0 Å². The van der Waals surface area contributed by atoms with Gasteiger partial charge in [-0.25, -0.2) is 0 Å². The van der Waals surface area contributed by atoms with E-state index in [0.29, 0.717) is 0 Å². The summed E-state index contributed by atoms with van der Waals surface area (Å²) >= 11 is 0. The predicted molar refractivity (Wildman–Crippen MR) is 68.7 cm³/mol. The van der Waals surface area contributed by atoms with E-state index in [2.05, 4.69) is 18.7 Å². The Labute approximate surface area is 100 Å². The zero-order valence-corrected chi connectivity index (χ0v) is 11.0. The lowest BCUT2D eigenvalue weighted by Gasteiger charge is -2.45. The summed E-state index contributed by atoms with van der Waals surface area (Å²) in [5.74, 6) is 0. The molecule has 0 N–H and O–H groups in total. The number of nitrogens with zero attached hydrogens (tertiary/aromatic N) is 1. The smallest absolute Gasteiger partial charge is 0.121 e. The van der Waals surface area contributed by atoms with Gasteiger partial charge in [0.15, 0.2) is 0 Å². The summed E-state index contributed by atoms with van der Waals surface area (Å²) < 4.78 is 0. The summed E-state index contributed by atoms with van der Waals surface area (Å²) in [5, 5.41) is 0. The number of hydrogen-bond donors (Lipinski definition) is 0. The Morgan fingerprint density at radius 3 is 2.38 bits per heavy atom. The number of carbonyl (C=O) groups is 1. The molecule has 1 aliphatic rings. The van der Waals surface area contributed by atoms with Crippen LogP contribution in [-0.4, -0.2) is 29.8 Å². The van der Waals surface area contributed by atoms with Crippen LogP contribution < -0.4 is 0 Å². The summed E-state index contributed by atoms with van der Waals surface area (Å²) in [7, 11) is 0. The zero-order valence-electron chi connectivity index (χ0n) is 11.0. The maximum absolute atomic E-state index is 11.0. The van der Waals surface area contributed by atoms with E-state index < -0.39 is 0 Å². The molecule has 0 bridgehead atoms. The van der Waals surface area contributed by atoms with Gasteiger partial charge in [-0.1, -0.05) is 33.1 Å². The first-order chi connectivity index (χ1) is 7.79. The van der Waals surface area contributed by atoms with Gasteiger partial charge in [0.25, 0.3) is 0 Å². The number of aldehydes is 1. The first kappa shape index (κ1) is 13.7. The molecule has 1 unspecified atom stereocenters. The molecule has 2 nitrogen and oxygen atoms in total. The van der Waals surface area contributed by atoms with E-state index in [9.17, 15) is 4.79 Å². The second kappa shape index (κ2) is 7.05. The summed E-state index contributed by atoms with van der Waals surface area (Å²) in [5.41, 5.74) is 0.179. The number of unbranched alkanes of at least 4 members (excludes halogenated alkanes) is 1. The molecule has 16 heavy (non-hydrogen) atoms. The summed E-state index contributed by atoms with van der Waals surface area (Å²) in [4.78, 5) is 13.6. The molecule has 0 aromatic rings. The van der Waals surface area contributed by atoms with Gasteiger partial charge in [0.1, 0.15) is 6.29 Å². The molecule has 1 saturated heterocycles. The lowest BCUT2D eigenvalue weighted by atomic mass is 9.83. The summed E-state index contributed by atoms with van der Waals surface area (Å²) in [6, 6.07) is 0. The number of rotatable bonds is 7. The van der Waals surface area contributed by atoms with Crippen molar-refractivity contribution in [2.75, 3.05) is 13.1 Å². The normalized spacial score (nSPS) is 21.6. The van der Waals surface area contributed by atoms with Crippen LogP contribution in [0.5, 0.6) is 0 Å². The highest BCUT2D eigenvalue weighted by Crippen LogP contribution is 2.31. The minimum Gasteiger partial charge on any atom is -0.303 e. The SMILES string of the molecule is CCCCC(CC)(CC=O)N1CCCCC1. The van der Waals surface area contributed by atoms with E-state index in [0.717, 1.165) is 19.1 Å². The maximum atomic E-state index is 11.0. The van der Waals surface area contributed by atoms with Crippen molar-refractivity contribution in [1.29, 1.82) is 0 Å². The number of piperidine rings is 1. The molecule has 1 rings (SSSR count). The Morgan fingerprint density at radius 1 is 1.19 bits per heavy atom. The van der Waals surface area contributed by atoms with Gasteiger partial charge in [-0.2, -0.15) is 0 Å². The van der Waals surface area contributed by atoms with Crippen molar-refractivity contribution < 1.29 is 4.79 Å². The molecule has 0 amide bonds. The molecule has 1 atom stereocenters. The Morgan fingerprint density at radius 2 is 1.88 bits per heavy atom. The van der Waals surface area contributed by atoms with Gasteiger partial charge in [0.2, 0.25) is 0 Å². The van der Waals surface area contributed by atoms with Crippen molar-refractivity contribution in [2.45, 2.75) is 70.8 Å². The van der Waals surface area contributed by atoms with Crippen molar-refractivity contribution in [3.8, 4) is 0 Å². The van der Waals surface area contributed by atoms with Gasteiger partial charge in [-0.05, 0) is 38.8 Å². The lowest BCUT2D eigenvalue weighted by Crippen LogP contribution is -2.51. The third-order valence-corrected chi connectivity index (χ3v) is 4.14. The van der Waals surface area contributed by atoms with Crippen LogP contribution in [0, 0.1) is 0 Å². The van der Waals surface area contributed by atoms with Crippen LogP contribution in [0.3, 0.4) is 0 Å². The minimum absolute atomic E-state index is 0.179. The van der Waals surface area contributed by atoms with Crippen molar-refractivity contribution in [2.24, 2.45) is 0 Å². The Kier molecular flexibility index (Phi) is 6.04. The number of carbonyl (C=O) groups excluding carboxylic acids is 1. The highest BCUT2D eigenvalue weighted by Gasteiger charge is 2.34. The van der Waals surface area contributed by atoms with Crippen LogP contribution in [-0.2, 0) is 4.79 Å². The first-order valence-electron chi connectivity index (χ1n) is 6.97. The monoisotopic (exact) mass is 225 g/mol. The van der Waals surface area contributed by atoms with Gasteiger partial charge in [-0.3, -0.25) is 4.90 Å². The summed E-state index contributed by atoms with van der Waals surface area (Å²) in [6.45, 7) is 6.88. The van der Waals surface area contributed by atoms with Crippen LogP contribution in [0.25, 0.3) is 0 Å². The van der Waals surface area contributed by atoms with E-state index in [-0.39, 0.29) is 5.54 Å². The fraction of sp³-hybridized carbons (Fsp3) is 0.929. The predicted octanol–water partition coefficient (Wildman–Crippen LogP) is 3.40. The molecule has 0 saturated carbocycles. The average molecular weight is 225 g/mol. The Balaban J connectivity index is 2.68. The Bertz CT molecular complexity index is 199. The van der Waals surface area contributed by atoms with E-state index in [1.807, 2.05) is 0 Å². The largest absolute Gasteiger partial charge is 0.303 e. The highest BCUT2D eigenvalue weighted by molar-refractivity contribution is 5.51. The second-order valence-corrected chi connectivity index (χ2v) is 5.10. The summed E-state index contributed by atoms with van der Waals surface area (Å²) in [6.07, 6.45) is 10.6. The van der Waals surface area contributed by atoms with E-state index in [4.69, 9.17) is 0 Å². The molecule has 1 aliphatic heterocycles. The molecule has 0 aromatic heterocycles. The van der Waals surface area contributed by atoms with Gasteiger partial charge in [0, 0.05) is 12.0 Å². The average Bonchev–Trinajstić information content (AvgIpc) is 2.36. The molecule has 2 heteroatoms. The number of likely N-dealkylation sites (tertiary alicyclic amines) is 1. The van der Waals surface area contributed by atoms with Crippen molar-refractivity contribution in [1.82, 2.24) is 4.90 Å². The topological polar surface area (TPSA) is 20.3 Å². The van der Waals surface area contributed by atoms with Crippen molar-refractivity contribution in [3.05, 3.63) is 0 Å². The van der Waals surface area contributed by atoms with Crippen molar-refractivity contribution in [3.63, 3.8) is 0 Å². The number of hydrogen-bond acceptors (Lipinski definition) is 2. The van der Waals surface area contributed by atoms with Crippen LogP contribution >= 0.6 is 0 Å². The molecular weight excluding hydrogens is 198 g/mol. The van der Waals surface area contributed by atoms with Gasteiger partial charge >= 0.3 is 0 Å². The third-order valence-electron chi connectivity index (χ3n) is 4.14. The third kappa shape index (κ3) is 3.31. The van der Waals surface area contributed by atoms with Gasteiger partial charge in [-0.15, -0.1) is 0 Å². The fourth-order valence-electron chi connectivity index (χ4n) is 2.96. The first-order valence-corrected chi connectivity index (χ1v) is 6.97. The lowest BCUT2D eigenvalue weighted by molar-refractivity contribution is -0.111. The quantitative estimate of drug-likeness (QED) is 0.619. The van der Waals surface area contributed by atoms with E-state index in [1.54, 1.807) is 0 Å². The van der Waals surface area contributed by atoms with Gasteiger partial charge < -0.3 is 4.79 Å². The Hall–Kier alpha value is -0.370. The van der Waals surface area contributed by atoms with Crippen molar-refractivity contribution >= 4 is 6.29 Å². The minimum atomic E-state index is 0.179. The second-order valence-electron chi connectivity index (χ2n) is 5.10. The molecule has 1 heterocycles. The molecule has 0 aromatic carbocycles. The van der Waals surface area contributed by atoms with E-state index in [1.165, 1.54) is 51.6 Å². The molecule has 0 aliphatic carbocycles.